The van der Waals surface area contributed by atoms with Gasteiger partial charge in [-0.3, -0.25) is 0 Å². The Balaban J connectivity index is 0.777. The lowest BCUT2D eigenvalue weighted by Gasteiger charge is -2.33. The number of rotatable bonds is 28. The standard InChI is InChI=1S/C90H93N3/c1-6-8-10-12-14-16-18-28-60-90(61-29-19-17-15-13-11-9-7-2)86-63-68(5)67(4)62-85(86)82-58-46-73(64-87(82)90)71-42-52-79(53-43-71)92(77-48-36-66(3)37-49-77)80-54-44-72(45-55-80)74-47-59-84-83-34-26-27-35-88(83)93(89(84)65-74)81-56-40-70(41-57-81)69-38-50-78(51-39-69)91(75-30-22-20-23-31-75)76-32-24-21-25-33-76/h20-27,30-59,62-65H,6-19,28-29,60-61H2,1-5H3. The van der Waals surface area contributed by atoms with Crippen LogP contribution in [0.15, 0.2) is 255 Å². The Bertz CT molecular complexity index is 4340. The van der Waals surface area contributed by atoms with Crippen molar-refractivity contribution in [2.24, 2.45) is 0 Å². The van der Waals surface area contributed by atoms with Crippen molar-refractivity contribution in [3.05, 3.63) is 283 Å². The van der Waals surface area contributed by atoms with Crippen molar-refractivity contribution in [2.75, 3.05) is 9.80 Å². The molecule has 0 radical (unpaired) electrons. The van der Waals surface area contributed by atoms with E-state index in [0.29, 0.717) is 0 Å². The van der Waals surface area contributed by atoms with Gasteiger partial charge in [0.15, 0.2) is 0 Å². The summed E-state index contributed by atoms with van der Waals surface area (Å²) in [6, 6.07) is 95.3. The smallest absolute Gasteiger partial charge is 0.0547 e. The highest BCUT2D eigenvalue weighted by Crippen LogP contribution is 2.56. The van der Waals surface area contributed by atoms with E-state index in [1.54, 1.807) is 11.1 Å². The highest BCUT2D eigenvalue weighted by atomic mass is 15.1. The molecule has 3 heteroatoms. The van der Waals surface area contributed by atoms with Crippen LogP contribution in [-0.2, 0) is 5.41 Å². The van der Waals surface area contributed by atoms with Crippen molar-refractivity contribution in [1.29, 1.82) is 0 Å². The molecule has 0 spiro atoms. The Morgan fingerprint density at radius 3 is 1.18 bits per heavy atom. The first-order chi connectivity index (χ1) is 45.8. The van der Waals surface area contributed by atoms with Crippen molar-refractivity contribution < 1.29 is 0 Å². The molecule has 468 valence electrons. The lowest BCUT2D eigenvalue weighted by atomic mass is 9.70. The van der Waals surface area contributed by atoms with E-state index >= 15 is 0 Å². The van der Waals surface area contributed by atoms with Gasteiger partial charge in [-0.2, -0.15) is 0 Å². The zero-order chi connectivity index (χ0) is 63.5. The Morgan fingerprint density at radius 2 is 0.667 bits per heavy atom. The molecule has 1 aliphatic carbocycles. The molecular formula is C90H93N3. The highest BCUT2D eigenvalue weighted by molar-refractivity contribution is 6.10. The number of hydrogen-bond acceptors (Lipinski definition) is 2. The van der Waals surface area contributed by atoms with E-state index in [2.05, 4.69) is 304 Å². The van der Waals surface area contributed by atoms with Crippen LogP contribution < -0.4 is 9.80 Å². The maximum atomic E-state index is 2.63. The predicted octanol–water partition coefficient (Wildman–Crippen LogP) is 27.0. The van der Waals surface area contributed by atoms with Gasteiger partial charge in [0.2, 0.25) is 0 Å². The SMILES string of the molecule is CCCCCCCCCCC1(CCCCCCCCCC)c2cc(-c3ccc(N(c4ccc(C)cc4)c4ccc(-c5ccc6c7ccccc7n(-c7ccc(-c8ccc(N(c9ccccc9)c9ccccc9)cc8)cc7)c6c5)cc4)cc3)ccc2-c2cc(C)c(C)cc21. The van der Waals surface area contributed by atoms with Crippen LogP contribution in [0.2, 0.25) is 0 Å². The first-order valence-corrected chi connectivity index (χ1v) is 35.3. The van der Waals surface area contributed by atoms with Gasteiger partial charge in [-0.15, -0.1) is 0 Å². The van der Waals surface area contributed by atoms with Crippen LogP contribution in [0.25, 0.3) is 72.0 Å². The minimum atomic E-state index is 0.0281. The summed E-state index contributed by atoms with van der Waals surface area (Å²) in [5.41, 5.74) is 27.8. The van der Waals surface area contributed by atoms with Crippen LogP contribution in [0.3, 0.4) is 0 Å². The molecule has 3 nitrogen and oxygen atoms in total. The second-order valence-corrected chi connectivity index (χ2v) is 26.7. The number of unbranched alkanes of at least 4 members (excludes halogenated alkanes) is 14. The molecule has 11 aromatic carbocycles. The van der Waals surface area contributed by atoms with Gasteiger partial charge in [-0.1, -0.05) is 274 Å². The first kappa shape index (κ1) is 62.6. The molecule has 13 rings (SSSR count). The van der Waals surface area contributed by atoms with Crippen molar-refractivity contribution >= 4 is 55.9 Å². The fraction of sp³-hybridized carbons (Fsp3) is 0.267. The summed E-state index contributed by atoms with van der Waals surface area (Å²) in [6.45, 7) is 11.5. The Morgan fingerprint density at radius 1 is 0.290 bits per heavy atom. The van der Waals surface area contributed by atoms with Crippen molar-refractivity contribution in [3.8, 4) is 50.2 Å². The Hall–Kier alpha value is -9.18. The monoisotopic (exact) mass is 1220 g/mol. The summed E-state index contributed by atoms with van der Waals surface area (Å²) in [7, 11) is 0. The second kappa shape index (κ2) is 29.2. The fourth-order valence-corrected chi connectivity index (χ4v) is 15.1. The van der Waals surface area contributed by atoms with Gasteiger partial charge in [0.25, 0.3) is 0 Å². The van der Waals surface area contributed by atoms with E-state index in [4.69, 9.17) is 0 Å². The van der Waals surface area contributed by atoms with Gasteiger partial charge in [-0.25, -0.2) is 0 Å². The summed E-state index contributed by atoms with van der Waals surface area (Å²) in [5.74, 6) is 0. The molecular weight excluding hydrogens is 1120 g/mol. The molecule has 0 amide bonds. The van der Waals surface area contributed by atoms with Crippen LogP contribution in [-0.4, -0.2) is 4.57 Å². The third kappa shape index (κ3) is 13.5. The molecule has 1 heterocycles. The van der Waals surface area contributed by atoms with E-state index in [1.807, 2.05) is 0 Å². The van der Waals surface area contributed by atoms with Gasteiger partial charge in [0.05, 0.1) is 11.0 Å². The van der Waals surface area contributed by atoms with E-state index in [1.165, 1.54) is 199 Å². The maximum Gasteiger partial charge on any atom is 0.0547 e. The average Bonchev–Trinajstić information content (AvgIpc) is 1.57. The number of nitrogens with zero attached hydrogens (tertiary/aromatic N) is 3. The van der Waals surface area contributed by atoms with Crippen LogP contribution in [0.4, 0.5) is 34.1 Å². The summed E-state index contributed by atoms with van der Waals surface area (Å²) in [4.78, 5) is 4.72. The quantitative estimate of drug-likeness (QED) is 0.0453. The van der Waals surface area contributed by atoms with E-state index in [0.717, 1.165) is 39.8 Å². The number of aromatic nitrogens is 1. The minimum Gasteiger partial charge on any atom is -0.311 e. The molecule has 0 bridgehead atoms. The number of benzene rings is 11. The molecule has 0 saturated heterocycles. The minimum absolute atomic E-state index is 0.0281. The predicted molar refractivity (Wildman–Crippen MR) is 401 cm³/mol. The van der Waals surface area contributed by atoms with Crippen molar-refractivity contribution in [3.63, 3.8) is 0 Å². The molecule has 1 aliphatic rings. The van der Waals surface area contributed by atoms with Crippen LogP contribution in [0, 0.1) is 20.8 Å². The zero-order valence-corrected chi connectivity index (χ0v) is 55.8. The van der Waals surface area contributed by atoms with Crippen molar-refractivity contribution in [1.82, 2.24) is 4.57 Å². The summed E-state index contributed by atoms with van der Waals surface area (Å²) in [5, 5.41) is 2.49. The van der Waals surface area contributed by atoms with Gasteiger partial charge < -0.3 is 14.4 Å². The van der Waals surface area contributed by atoms with Gasteiger partial charge in [-0.05, 0) is 204 Å². The molecule has 0 N–H and O–H groups in total. The first-order valence-electron chi connectivity index (χ1n) is 35.3. The van der Waals surface area contributed by atoms with E-state index < -0.39 is 0 Å². The van der Waals surface area contributed by atoms with Crippen LogP contribution in [0.1, 0.15) is 157 Å². The number of fused-ring (bicyclic) bond motifs is 6. The summed E-state index contributed by atoms with van der Waals surface area (Å²) < 4.78 is 2.44. The average molecular weight is 1220 g/mol. The largest absolute Gasteiger partial charge is 0.311 e. The topological polar surface area (TPSA) is 11.4 Å². The third-order valence-electron chi connectivity index (χ3n) is 20.4. The lowest BCUT2D eigenvalue weighted by molar-refractivity contribution is 0.397. The second-order valence-electron chi connectivity index (χ2n) is 26.7. The summed E-state index contributed by atoms with van der Waals surface area (Å²) >= 11 is 0. The Labute approximate surface area is 555 Å². The molecule has 0 fully saturated rings. The number of anilines is 6. The number of aryl methyl sites for hydroxylation is 3. The molecule has 1 aromatic heterocycles. The summed E-state index contributed by atoms with van der Waals surface area (Å²) in [6.07, 6.45) is 24.0. The molecule has 0 saturated carbocycles. The van der Waals surface area contributed by atoms with Gasteiger partial charge >= 0.3 is 0 Å². The molecule has 0 atom stereocenters. The zero-order valence-electron chi connectivity index (χ0n) is 55.8. The van der Waals surface area contributed by atoms with Gasteiger partial charge in [0.1, 0.15) is 0 Å². The Kier molecular flexibility index (Phi) is 19.7. The fourth-order valence-electron chi connectivity index (χ4n) is 15.1. The number of hydrogen-bond donors (Lipinski definition) is 0. The molecule has 0 unspecified atom stereocenters. The van der Waals surface area contributed by atoms with Crippen LogP contribution in [0.5, 0.6) is 0 Å². The molecule has 0 aliphatic heterocycles. The third-order valence-corrected chi connectivity index (χ3v) is 20.4. The van der Waals surface area contributed by atoms with Crippen molar-refractivity contribution in [2.45, 2.75) is 156 Å². The highest BCUT2D eigenvalue weighted by Gasteiger charge is 2.43. The normalized spacial score (nSPS) is 12.4. The lowest BCUT2D eigenvalue weighted by Crippen LogP contribution is -2.26. The van der Waals surface area contributed by atoms with E-state index in [9.17, 15) is 0 Å². The maximum absolute atomic E-state index is 2.63. The van der Waals surface area contributed by atoms with Gasteiger partial charge in [0, 0.05) is 56.0 Å². The molecule has 93 heavy (non-hydrogen) atoms. The van der Waals surface area contributed by atoms with Crippen LogP contribution >= 0.6 is 0 Å². The number of para-hydroxylation sites is 3. The van der Waals surface area contributed by atoms with E-state index in [-0.39, 0.29) is 5.41 Å². The molecule has 12 aromatic rings.